The van der Waals surface area contributed by atoms with Crippen LogP contribution in [0, 0.1) is 11.8 Å². The molecule has 1 aromatic carbocycles. The quantitative estimate of drug-likeness (QED) is 0.431. The zero-order valence-electron chi connectivity index (χ0n) is 14.2. The Labute approximate surface area is 165 Å². The molecule has 0 spiro atoms. The van der Waals surface area contributed by atoms with Crippen LogP contribution < -0.4 is 0 Å². The van der Waals surface area contributed by atoms with Crippen LogP contribution in [-0.4, -0.2) is 14.9 Å². The molecule has 1 atom stereocenters. The number of benzene rings is 1. The van der Waals surface area contributed by atoms with Gasteiger partial charge in [0.2, 0.25) is 5.76 Å². The summed E-state index contributed by atoms with van der Waals surface area (Å²) in [5.41, 5.74) is 2.08. The number of hydrogen-bond donors (Lipinski definition) is 0. The van der Waals surface area contributed by atoms with Crippen molar-refractivity contribution in [2.75, 3.05) is 0 Å². The third-order valence-corrected chi connectivity index (χ3v) is 4.68. The largest absolute Gasteiger partial charge is 0.461 e. The molecule has 1 unspecified atom stereocenters. The number of aromatic nitrogens is 3. The topological polar surface area (TPSA) is 57.0 Å². The Morgan fingerprint density at radius 1 is 1.07 bits per heavy atom. The number of hydrogen-bond acceptors (Lipinski definition) is 4. The molecule has 0 fully saturated rings. The molecule has 0 bridgehead atoms. The van der Waals surface area contributed by atoms with Crippen LogP contribution in [0.3, 0.4) is 0 Å². The Morgan fingerprint density at radius 3 is 2.63 bits per heavy atom. The van der Waals surface area contributed by atoms with Crippen LogP contribution in [0.2, 0.25) is 10.0 Å². The third kappa shape index (κ3) is 3.63. The predicted molar refractivity (Wildman–Crippen MR) is 103 cm³/mol. The molecule has 0 aliphatic carbocycles. The van der Waals surface area contributed by atoms with Crippen LogP contribution in [0.4, 0.5) is 0 Å². The van der Waals surface area contributed by atoms with Gasteiger partial charge >= 0.3 is 0 Å². The van der Waals surface area contributed by atoms with Crippen molar-refractivity contribution in [1.82, 2.24) is 14.9 Å². The maximum Gasteiger partial charge on any atom is 0.203 e. The fourth-order valence-electron chi connectivity index (χ4n) is 2.66. The average molecular weight is 398 g/mol. The lowest BCUT2D eigenvalue weighted by Crippen LogP contribution is -2.08. The smallest absolute Gasteiger partial charge is 0.203 e. The highest BCUT2D eigenvalue weighted by Gasteiger charge is 2.16. The van der Waals surface area contributed by atoms with Crippen molar-refractivity contribution in [3.63, 3.8) is 0 Å². The molecule has 0 radical (unpaired) electrons. The highest BCUT2D eigenvalue weighted by Crippen LogP contribution is 2.32. The Hall–Kier alpha value is -2.94. The van der Waals surface area contributed by atoms with Gasteiger partial charge in [0, 0.05) is 27.9 Å². The summed E-state index contributed by atoms with van der Waals surface area (Å²) in [7, 11) is 0. The zero-order chi connectivity index (χ0) is 18.8. The SMILES string of the molecule is CC(c1c(Cl)cccc1Cl)n1cc(C#Cc2cc(-c3ccco3)on2)cn1. The van der Waals surface area contributed by atoms with Crippen molar-refractivity contribution < 1.29 is 8.94 Å². The van der Waals surface area contributed by atoms with E-state index >= 15 is 0 Å². The third-order valence-electron chi connectivity index (χ3n) is 4.02. The molecular formula is C20H13Cl2N3O2. The summed E-state index contributed by atoms with van der Waals surface area (Å²) in [6.45, 7) is 1.98. The second kappa shape index (κ2) is 7.36. The normalized spacial score (nSPS) is 11.8. The average Bonchev–Trinajstić information content (AvgIpc) is 3.39. The van der Waals surface area contributed by atoms with E-state index in [2.05, 4.69) is 22.1 Å². The highest BCUT2D eigenvalue weighted by atomic mass is 35.5. The van der Waals surface area contributed by atoms with Crippen molar-refractivity contribution in [2.24, 2.45) is 0 Å². The van der Waals surface area contributed by atoms with Crippen molar-refractivity contribution in [3.8, 4) is 23.4 Å². The first-order valence-electron chi connectivity index (χ1n) is 8.12. The molecule has 0 N–H and O–H groups in total. The van der Waals surface area contributed by atoms with E-state index in [9.17, 15) is 0 Å². The Bertz CT molecular complexity index is 1110. The van der Waals surface area contributed by atoms with E-state index in [0.717, 1.165) is 11.1 Å². The van der Waals surface area contributed by atoms with E-state index in [4.69, 9.17) is 32.1 Å². The fourth-order valence-corrected chi connectivity index (χ4v) is 3.37. The molecule has 134 valence electrons. The summed E-state index contributed by atoms with van der Waals surface area (Å²) in [6, 6.07) is 10.6. The lowest BCUT2D eigenvalue weighted by atomic mass is 10.1. The van der Waals surface area contributed by atoms with Crippen LogP contribution in [0.5, 0.6) is 0 Å². The Balaban J connectivity index is 1.55. The first-order valence-corrected chi connectivity index (χ1v) is 8.88. The van der Waals surface area contributed by atoms with Crippen LogP contribution in [0.1, 0.15) is 29.8 Å². The fraction of sp³-hybridized carbons (Fsp3) is 0.100. The standard InChI is InChI=1S/C20H13Cl2N3O2/c1-13(20-16(21)4-2-5-17(20)22)25-12-14(11-23-25)7-8-15-10-19(27-24-15)18-6-3-9-26-18/h2-6,9-13H,1H3. The second-order valence-electron chi connectivity index (χ2n) is 5.82. The number of halogens is 2. The van der Waals surface area contributed by atoms with Gasteiger partial charge in [-0.25, -0.2) is 0 Å². The second-order valence-corrected chi connectivity index (χ2v) is 6.64. The van der Waals surface area contributed by atoms with Gasteiger partial charge in [-0.15, -0.1) is 0 Å². The molecule has 0 amide bonds. The number of rotatable bonds is 3. The van der Waals surface area contributed by atoms with Crippen molar-refractivity contribution in [2.45, 2.75) is 13.0 Å². The van der Waals surface area contributed by atoms with E-state index in [0.29, 0.717) is 27.3 Å². The molecule has 0 saturated heterocycles. The molecule has 0 saturated carbocycles. The maximum absolute atomic E-state index is 6.29. The van der Waals surface area contributed by atoms with Gasteiger partial charge in [0.05, 0.1) is 24.1 Å². The van der Waals surface area contributed by atoms with Crippen LogP contribution in [0.15, 0.2) is 64.0 Å². The minimum atomic E-state index is -0.126. The first kappa shape index (κ1) is 17.5. The van der Waals surface area contributed by atoms with Gasteiger partial charge in [0.25, 0.3) is 0 Å². The van der Waals surface area contributed by atoms with Gasteiger partial charge in [-0.2, -0.15) is 5.10 Å². The van der Waals surface area contributed by atoms with Gasteiger partial charge in [-0.3, -0.25) is 4.68 Å². The maximum atomic E-state index is 6.29. The van der Waals surface area contributed by atoms with E-state index in [1.807, 2.05) is 31.3 Å². The van der Waals surface area contributed by atoms with Crippen LogP contribution in [-0.2, 0) is 0 Å². The van der Waals surface area contributed by atoms with Gasteiger partial charge in [0.15, 0.2) is 11.5 Å². The van der Waals surface area contributed by atoms with Crippen LogP contribution >= 0.6 is 23.2 Å². The lowest BCUT2D eigenvalue weighted by Gasteiger charge is -2.15. The van der Waals surface area contributed by atoms with Gasteiger partial charge in [-0.1, -0.05) is 40.3 Å². The highest BCUT2D eigenvalue weighted by molar-refractivity contribution is 6.36. The van der Waals surface area contributed by atoms with Gasteiger partial charge in [0.1, 0.15) is 0 Å². The predicted octanol–water partition coefficient (Wildman–Crippen LogP) is 5.45. The summed E-state index contributed by atoms with van der Waals surface area (Å²) in [5.74, 6) is 7.11. The summed E-state index contributed by atoms with van der Waals surface area (Å²) in [6.07, 6.45) is 5.09. The summed E-state index contributed by atoms with van der Waals surface area (Å²) >= 11 is 12.6. The molecule has 3 aromatic heterocycles. The monoisotopic (exact) mass is 397 g/mol. The van der Waals surface area contributed by atoms with E-state index in [1.54, 1.807) is 35.3 Å². The molecular weight excluding hydrogens is 385 g/mol. The molecule has 7 heteroatoms. The molecule has 27 heavy (non-hydrogen) atoms. The molecule has 0 aliphatic rings. The lowest BCUT2D eigenvalue weighted by molar-refractivity contribution is 0.416. The molecule has 4 rings (SSSR count). The molecule has 0 aliphatic heterocycles. The Morgan fingerprint density at radius 2 is 1.89 bits per heavy atom. The minimum absolute atomic E-state index is 0.126. The molecule has 4 aromatic rings. The van der Waals surface area contributed by atoms with Crippen molar-refractivity contribution >= 4 is 23.2 Å². The van der Waals surface area contributed by atoms with E-state index in [-0.39, 0.29) is 6.04 Å². The van der Waals surface area contributed by atoms with Crippen molar-refractivity contribution in [3.05, 3.63) is 81.9 Å². The van der Waals surface area contributed by atoms with E-state index in [1.165, 1.54) is 0 Å². The summed E-state index contributed by atoms with van der Waals surface area (Å²) < 4.78 is 12.3. The summed E-state index contributed by atoms with van der Waals surface area (Å²) in [5, 5.41) is 9.51. The van der Waals surface area contributed by atoms with E-state index < -0.39 is 0 Å². The number of nitrogens with zero attached hydrogens (tertiary/aromatic N) is 3. The summed E-state index contributed by atoms with van der Waals surface area (Å²) in [4.78, 5) is 0. The van der Waals surface area contributed by atoms with Crippen LogP contribution in [0.25, 0.3) is 11.5 Å². The minimum Gasteiger partial charge on any atom is -0.461 e. The molecule has 5 nitrogen and oxygen atoms in total. The first-order chi connectivity index (χ1) is 13.1. The van der Waals surface area contributed by atoms with Gasteiger partial charge in [-0.05, 0) is 37.1 Å². The zero-order valence-corrected chi connectivity index (χ0v) is 15.7. The van der Waals surface area contributed by atoms with Crippen molar-refractivity contribution in [1.29, 1.82) is 0 Å². The Kier molecular flexibility index (Phi) is 4.76. The number of furan rings is 1. The molecule has 3 heterocycles. The van der Waals surface area contributed by atoms with Gasteiger partial charge < -0.3 is 8.94 Å².